The lowest BCUT2D eigenvalue weighted by molar-refractivity contribution is -0.149. The zero-order valence-electron chi connectivity index (χ0n) is 22.7. The molecule has 2 aromatic rings. The lowest BCUT2D eigenvalue weighted by Gasteiger charge is -2.37. The van der Waals surface area contributed by atoms with Crippen LogP contribution in [0, 0.1) is 11.8 Å². The molecule has 1 spiro atoms. The number of hydrogen-bond acceptors (Lipinski definition) is 5. The monoisotopic (exact) mass is 531 g/mol. The van der Waals surface area contributed by atoms with Crippen molar-refractivity contribution in [2.45, 2.75) is 43.4 Å². The molecule has 0 radical (unpaired) electrons. The molecule has 0 saturated carbocycles. The number of hydrogen-bond donors (Lipinski definition) is 1. The summed E-state index contributed by atoms with van der Waals surface area (Å²) in [6.07, 6.45) is 4.71. The smallest absolute Gasteiger partial charge is 0.253 e. The van der Waals surface area contributed by atoms with Gasteiger partial charge in [-0.2, -0.15) is 0 Å². The van der Waals surface area contributed by atoms with Gasteiger partial charge in [-0.1, -0.05) is 42.5 Å². The first-order valence-electron chi connectivity index (χ1n) is 13.6. The standard InChI is InChI=1S/C31H37N3O5/c1-5-16-32(4)27(36)24-25-28(37)34(18-9-19-35)26(31(25)15-14-30(24,3)39-31)29(38)33(17-6-2)23-13-12-21-10-7-8-11-22(21)20-23/h5-8,10-13,20,24-26,35H,1-2,9,14-19H2,3-4H3/t24-,25-,26?,30+,31?/m0/s1. The summed E-state index contributed by atoms with van der Waals surface area (Å²) < 4.78 is 6.71. The normalized spacial score (nSPS) is 28.9. The van der Waals surface area contributed by atoms with E-state index in [0.29, 0.717) is 31.5 Å². The number of rotatable bonds is 10. The van der Waals surface area contributed by atoms with Gasteiger partial charge >= 0.3 is 0 Å². The summed E-state index contributed by atoms with van der Waals surface area (Å²) in [7, 11) is 1.70. The second kappa shape index (κ2) is 10.2. The van der Waals surface area contributed by atoms with E-state index in [1.165, 1.54) is 0 Å². The average molecular weight is 532 g/mol. The van der Waals surface area contributed by atoms with E-state index in [1.807, 2.05) is 49.4 Å². The molecule has 0 aliphatic carbocycles. The van der Waals surface area contributed by atoms with Gasteiger partial charge in [0.25, 0.3) is 5.91 Å². The number of anilines is 1. The molecular weight excluding hydrogens is 494 g/mol. The molecule has 3 heterocycles. The Morgan fingerprint density at radius 2 is 1.82 bits per heavy atom. The molecule has 2 unspecified atom stereocenters. The SMILES string of the molecule is C=CCN(C)C(=O)[C@@H]1[C@H]2C(=O)N(CCCO)C(C(=O)N(CC=C)c3ccc4ccccc4c3)C23CC[C@@]1(C)O3. The van der Waals surface area contributed by atoms with Crippen molar-refractivity contribution in [3.63, 3.8) is 0 Å². The Hall–Kier alpha value is -3.49. The summed E-state index contributed by atoms with van der Waals surface area (Å²) in [5, 5.41) is 11.7. The van der Waals surface area contributed by atoms with Crippen LogP contribution in [-0.4, -0.2) is 83.2 Å². The molecular formula is C31H37N3O5. The number of nitrogens with zero attached hydrogens (tertiary/aromatic N) is 3. The maximum absolute atomic E-state index is 14.6. The fourth-order valence-corrected chi connectivity index (χ4v) is 7.03. The molecule has 8 heteroatoms. The van der Waals surface area contributed by atoms with Crippen LogP contribution in [0.25, 0.3) is 10.8 Å². The summed E-state index contributed by atoms with van der Waals surface area (Å²) in [4.78, 5) is 47.1. The van der Waals surface area contributed by atoms with E-state index in [4.69, 9.17) is 4.74 Å². The van der Waals surface area contributed by atoms with Gasteiger partial charge in [0, 0.05) is 39.0 Å². The Morgan fingerprint density at radius 1 is 1.10 bits per heavy atom. The van der Waals surface area contributed by atoms with Gasteiger partial charge in [-0.3, -0.25) is 14.4 Å². The van der Waals surface area contributed by atoms with E-state index in [0.717, 1.165) is 10.8 Å². The topological polar surface area (TPSA) is 90.4 Å². The van der Waals surface area contributed by atoms with Crippen LogP contribution in [0.4, 0.5) is 5.69 Å². The van der Waals surface area contributed by atoms with Crippen LogP contribution in [0.15, 0.2) is 67.8 Å². The molecule has 3 aliphatic rings. The van der Waals surface area contributed by atoms with Crippen molar-refractivity contribution < 1.29 is 24.2 Å². The van der Waals surface area contributed by atoms with Crippen LogP contribution in [0.2, 0.25) is 0 Å². The summed E-state index contributed by atoms with van der Waals surface area (Å²) in [6.45, 7) is 10.2. The molecule has 3 aliphatic heterocycles. The van der Waals surface area contributed by atoms with Crippen molar-refractivity contribution in [3.05, 3.63) is 67.8 Å². The van der Waals surface area contributed by atoms with E-state index in [-0.39, 0.29) is 37.4 Å². The third-order valence-electron chi connectivity index (χ3n) is 8.74. The number of benzene rings is 2. The Labute approximate surface area is 229 Å². The molecule has 0 aromatic heterocycles. The number of aliphatic hydroxyl groups is 1. The summed E-state index contributed by atoms with van der Waals surface area (Å²) >= 11 is 0. The van der Waals surface area contributed by atoms with Gasteiger partial charge in [-0.15, -0.1) is 13.2 Å². The lowest BCUT2D eigenvalue weighted by Crippen LogP contribution is -2.56. The highest BCUT2D eigenvalue weighted by Gasteiger charge is 2.78. The highest BCUT2D eigenvalue weighted by atomic mass is 16.5. The average Bonchev–Trinajstić information content (AvgIpc) is 3.50. The van der Waals surface area contributed by atoms with E-state index in [9.17, 15) is 19.5 Å². The van der Waals surface area contributed by atoms with Crippen molar-refractivity contribution >= 4 is 34.2 Å². The Bertz CT molecular complexity index is 1330. The third kappa shape index (κ3) is 4.17. The number of ether oxygens (including phenoxy) is 1. The van der Waals surface area contributed by atoms with Crippen LogP contribution in [-0.2, 0) is 19.1 Å². The van der Waals surface area contributed by atoms with Crippen molar-refractivity contribution in [2.75, 3.05) is 38.2 Å². The van der Waals surface area contributed by atoms with Gasteiger partial charge in [0.15, 0.2) is 0 Å². The van der Waals surface area contributed by atoms with E-state index < -0.39 is 29.1 Å². The highest BCUT2D eigenvalue weighted by Crippen LogP contribution is 2.63. The van der Waals surface area contributed by atoms with Crippen molar-refractivity contribution in [1.82, 2.24) is 9.80 Å². The minimum Gasteiger partial charge on any atom is -0.396 e. The minimum atomic E-state index is -1.12. The first-order valence-corrected chi connectivity index (χ1v) is 13.6. The number of aliphatic hydroxyl groups excluding tert-OH is 1. The van der Waals surface area contributed by atoms with Gasteiger partial charge in [0.2, 0.25) is 11.8 Å². The van der Waals surface area contributed by atoms with Crippen molar-refractivity contribution in [3.8, 4) is 0 Å². The quantitative estimate of drug-likeness (QED) is 0.476. The second-order valence-corrected chi connectivity index (χ2v) is 11.1. The summed E-state index contributed by atoms with van der Waals surface area (Å²) in [5.74, 6) is -2.18. The van der Waals surface area contributed by atoms with Crippen LogP contribution in [0.3, 0.4) is 0 Å². The number of carbonyl (C=O) groups is 3. The molecule has 3 amide bonds. The van der Waals surface area contributed by atoms with Crippen molar-refractivity contribution in [1.29, 1.82) is 0 Å². The Morgan fingerprint density at radius 3 is 2.51 bits per heavy atom. The fourth-order valence-electron chi connectivity index (χ4n) is 7.03. The van der Waals surface area contributed by atoms with E-state index in [2.05, 4.69) is 13.2 Å². The first kappa shape index (κ1) is 27.1. The van der Waals surface area contributed by atoms with E-state index >= 15 is 0 Å². The maximum Gasteiger partial charge on any atom is 0.253 e. The van der Waals surface area contributed by atoms with Gasteiger partial charge < -0.3 is 24.5 Å². The molecule has 2 aromatic carbocycles. The predicted molar refractivity (Wildman–Crippen MR) is 150 cm³/mol. The molecule has 3 fully saturated rings. The van der Waals surface area contributed by atoms with Crippen LogP contribution < -0.4 is 4.90 Å². The lowest BCUT2D eigenvalue weighted by atomic mass is 9.66. The number of amides is 3. The largest absolute Gasteiger partial charge is 0.396 e. The summed E-state index contributed by atoms with van der Waals surface area (Å²) in [6, 6.07) is 12.8. The molecule has 8 nitrogen and oxygen atoms in total. The number of likely N-dealkylation sites (N-methyl/N-ethyl adjacent to an activating group) is 1. The van der Waals surface area contributed by atoms with Gasteiger partial charge in [0.05, 0.1) is 17.4 Å². The second-order valence-electron chi connectivity index (χ2n) is 11.1. The molecule has 3 saturated heterocycles. The Balaban J connectivity index is 1.58. The van der Waals surface area contributed by atoms with E-state index in [1.54, 1.807) is 33.9 Å². The third-order valence-corrected chi connectivity index (χ3v) is 8.74. The summed E-state index contributed by atoms with van der Waals surface area (Å²) in [5.41, 5.74) is -1.27. The molecule has 2 bridgehead atoms. The molecule has 5 atom stereocenters. The number of fused-ring (bicyclic) bond motifs is 2. The van der Waals surface area contributed by atoms with Gasteiger partial charge in [0.1, 0.15) is 11.6 Å². The van der Waals surface area contributed by atoms with Crippen LogP contribution in [0.5, 0.6) is 0 Å². The van der Waals surface area contributed by atoms with Gasteiger partial charge in [-0.05, 0) is 49.1 Å². The molecule has 39 heavy (non-hydrogen) atoms. The van der Waals surface area contributed by atoms with Crippen LogP contribution in [0.1, 0.15) is 26.2 Å². The molecule has 5 rings (SSSR count). The van der Waals surface area contributed by atoms with Gasteiger partial charge in [-0.25, -0.2) is 0 Å². The first-order chi connectivity index (χ1) is 18.7. The van der Waals surface area contributed by atoms with Crippen molar-refractivity contribution in [2.24, 2.45) is 11.8 Å². The highest BCUT2D eigenvalue weighted by molar-refractivity contribution is 6.06. The number of likely N-dealkylation sites (tertiary alicyclic amines) is 1. The predicted octanol–water partition coefficient (Wildman–Crippen LogP) is 3.15. The molecule has 206 valence electrons. The Kier molecular flexibility index (Phi) is 7.11. The maximum atomic E-state index is 14.6. The fraction of sp³-hybridized carbons (Fsp3) is 0.452. The van der Waals surface area contributed by atoms with Crippen LogP contribution >= 0.6 is 0 Å². The zero-order valence-corrected chi connectivity index (χ0v) is 22.7. The minimum absolute atomic E-state index is 0.119. The number of carbonyl (C=O) groups excluding carboxylic acids is 3. The zero-order chi connectivity index (χ0) is 27.9. The molecule has 1 N–H and O–H groups in total.